The molecule has 12 heteroatoms. The van der Waals surface area contributed by atoms with Crippen molar-refractivity contribution in [3.8, 4) is 0 Å². The molecule has 3 heterocycles. The second-order valence-electron chi connectivity index (χ2n) is 11.7. The van der Waals surface area contributed by atoms with E-state index in [4.69, 9.17) is 10.1 Å². The summed E-state index contributed by atoms with van der Waals surface area (Å²) in [7, 11) is 0. The summed E-state index contributed by atoms with van der Waals surface area (Å²) >= 11 is 1.32. The molecule has 0 unspecified atom stereocenters. The fourth-order valence-corrected chi connectivity index (χ4v) is 4.92. The summed E-state index contributed by atoms with van der Waals surface area (Å²) in [4.78, 5) is 21.8. The molecule has 3 aromatic rings. The Labute approximate surface area is 280 Å². The number of aliphatic carboxylic acids is 1. The van der Waals surface area contributed by atoms with Gasteiger partial charge in [0.1, 0.15) is 11.3 Å². The molecule has 0 aliphatic carbocycles. The van der Waals surface area contributed by atoms with E-state index < -0.39 is 35.1 Å². The molecule has 2 aromatic heterocycles. The summed E-state index contributed by atoms with van der Waals surface area (Å²) in [6, 6.07) is 4.49. The van der Waals surface area contributed by atoms with Crippen molar-refractivity contribution in [2.24, 2.45) is 5.41 Å². The van der Waals surface area contributed by atoms with Gasteiger partial charge >= 0.3 is 57.4 Å². The number of nitrogens with zero attached hydrogens (tertiary/aromatic N) is 4. The zero-order valence-electron chi connectivity index (χ0n) is 24.4. The molecule has 1 aromatic carbocycles. The predicted molar refractivity (Wildman–Crippen MR) is 146 cm³/mol. The molecule has 0 saturated carbocycles. The van der Waals surface area contributed by atoms with Crippen LogP contribution in [0.5, 0.6) is 0 Å². The van der Waals surface area contributed by atoms with Crippen LogP contribution in [0.1, 0.15) is 65.6 Å². The van der Waals surface area contributed by atoms with E-state index in [1.54, 1.807) is 51.8 Å². The van der Waals surface area contributed by atoms with Gasteiger partial charge < -0.3 is 19.7 Å². The molecule has 214 valence electrons. The van der Waals surface area contributed by atoms with Crippen LogP contribution in [0.2, 0.25) is 0 Å². The third-order valence-electron chi connectivity index (χ3n) is 6.21. The average Bonchev–Trinajstić information content (AvgIpc) is 3.26. The van der Waals surface area contributed by atoms with Crippen LogP contribution in [0.3, 0.4) is 0 Å². The van der Waals surface area contributed by atoms with Crippen molar-refractivity contribution >= 4 is 34.5 Å². The Balaban J connectivity index is 0.000000858. The molecule has 1 N–H and O–H groups in total. The van der Waals surface area contributed by atoms with Gasteiger partial charge in [-0.25, -0.2) is 23.1 Å². The van der Waals surface area contributed by atoms with Crippen LogP contribution in [0.4, 0.5) is 18.9 Å². The maximum Gasteiger partial charge on any atom is 1.00 e. The minimum atomic E-state index is -2.82. The van der Waals surface area contributed by atoms with Gasteiger partial charge in [0, 0.05) is 30.0 Å². The van der Waals surface area contributed by atoms with E-state index in [-0.39, 0.29) is 76.1 Å². The Morgan fingerprint density at radius 3 is 2.38 bits per heavy atom. The summed E-state index contributed by atoms with van der Waals surface area (Å²) in [5, 5.41) is 19.5. The Kier molecular flexibility index (Phi) is 11.8. The Hall–Kier alpha value is -1.15. The topological polar surface area (TPSA) is 94.3 Å². The van der Waals surface area contributed by atoms with Gasteiger partial charge in [-0.15, -0.1) is 5.60 Å². The van der Waals surface area contributed by atoms with Gasteiger partial charge in [-0.3, -0.25) is 4.79 Å². The number of thioether (sulfide) groups is 1. The third-order valence-corrected chi connectivity index (χ3v) is 7.14. The van der Waals surface area contributed by atoms with E-state index in [9.17, 15) is 23.1 Å². The molecule has 1 saturated heterocycles. The summed E-state index contributed by atoms with van der Waals surface area (Å²) in [5.74, 6) is -4.07. The van der Waals surface area contributed by atoms with Crippen LogP contribution in [0.25, 0.3) is 11.0 Å². The molecule has 0 atom stereocenters. The summed E-state index contributed by atoms with van der Waals surface area (Å²) in [5.41, 5.74) is 1.00. The molecule has 0 bridgehead atoms. The van der Waals surface area contributed by atoms with Crippen molar-refractivity contribution < 1.29 is 79.6 Å². The van der Waals surface area contributed by atoms with Gasteiger partial charge in [-0.05, 0) is 31.0 Å². The van der Waals surface area contributed by atoms with Crippen LogP contribution < -0.4 is 61.4 Å². The quantitative estimate of drug-likeness (QED) is 0.252. The van der Waals surface area contributed by atoms with Crippen LogP contribution in [0.15, 0.2) is 35.7 Å². The Bertz CT molecular complexity index is 1320. The number of halogens is 3. The molecule has 40 heavy (non-hydrogen) atoms. The van der Waals surface area contributed by atoms with E-state index in [0.717, 1.165) is 11.1 Å². The average molecular weight is 605 g/mol. The number of aromatic nitrogens is 3. The van der Waals surface area contributed by atoms with E-state index in [1.165, 1.54) is 23.9 Å². The Morgan fingerprint density at radius 2 is 1.85 bits per heavy atom. The first kappa shape index (κ1) is 35.0. The van der Waals surface area contributed by atoms with Crippen LogP contribution in [-0.4, -0.2) is 50.2 Å². The molecule has 0 amide bonds. The first-order valence-electron chi connectivity index (χ1n) is 12.7. The first-order valence-corrected chi connectivity index (χ1v) is 13.7. The maximum atomic E-state index is 14.6. The number of anilines is 1. The van der Waals surface area contributed by atoms with Crippen molar-refractivity contribution in [1.82, 2.24) is 14.5 Å². The normalized spacial score (nSPS) is 16.1. The van der Waals surface area contributed by atoms with Crippen molar-refractivity contribution in [2.75, 3.05) is 18.0 Å². The number of carboxylic acid groups (broad SMARTS) is 1. The second-order valence-corrected chi connectivity index (χ2v) is 12.7. The van der Waals surface area contributed by atoms with Crippen molar-refractivity contribution in [3.05, 3.63) is 47.5 Å². The first-order chi connectivity index (χ1) is 17.9. The molecule has 1 aliphatic heterocycles. The monoisotopic (exact) mass is 604 g/mol. The summed E-state index contributed by atoms with van der Waals surface area (Å²) in [6.45, 7) is 11.9. The molecule has 4 rings (SSSR count). The standard InChI is InChI=1S/C24H27F3N4O2S.C4H9O.K/c1-14(2)31-10-19(30-12-23(3,4)24(26,27)13-30)21-18(31)9-28-22(29-21)34-11-15-5-6-17(25)16(7-15)8-20(32)33;1-4(2,3)5;/h5-7,9-10,14H,8,11-13H2,1-4H3,(H,32,33);1-3H3;/q;-1;+1. The minimum absolute atomic E-state index is 0. The summed E-state index contributed by atoms with van der Waals surface area (Å²) in [6.07, 6.45) is 3.18. The molecule has 0 spiro atoms. The van der Waals surface area contributed by atoms with Crippen LogP contribution >= 0.6 is 11.8 Å². The maximum absolute atomic E-state index is 14.6. The van der Waals surface area contributed by atoms with Crippen molar-refractivity contribution in [1.29, 1.82) is 0 Å². The van der Waals surface area contributed by atoms with E-state index in [1.807, 2.05) is 24.6 Å². The van der Waals surface area contributed by atoms with Crippen molar-refractivity contribution in [3.63, 3.8) is 0 Å². The molecule has 1 aliphatic rings. The zero-order valence-corrected chi connectivity index (χ0v) is 28.3. The van der Waals surface area contributed by atoms with Crippen LogP contribution in [0, 0.1) is 11.2 Å². The number of alkyl halides is 2. The molecule has 0 radical (unpaired) electrons. The van der Waals surface area contributed by atoms with Gasteiger partial charge in [-0.1, -0.05) is 58.5 Å². The van der Waals surface area contributed by atoms with Gasteiger partial charge in [0.2, 0.25) is 0 Å². The number of hydrogen-bond donors (Lipinski definition) is 1. The number of benzene rings is 1. The molecule has 1 fully saturated rings. The van der Waals surface area contributed by atoms with Gasteiger partial charge in [-0.2, -0.15) is 0 Å². The fourth-order valence-electron chi connectivity index (χ4n) is 4.16. The van der Waals surface area contributed by atoms with E-state index in [0.29, 0.717) is 22.1 Å². The van der Waals surface area contributed by atoms with Gasteiger partial charge in [0.05, 0.1) is 30.4 Å². The number of hydrogen-bond acceptors (Lipinski definition) is 6. The van der Waals surface area contributed by atoms with E-state index in [2.05, 4.69) is 4.98 Å². The summed E-state index contributed by atoms with van der Waals surface area (Å²) < 4.78 is 45.1. The number of rotatable bonds is 7. The zero-order chi connectivity index (χ0) is 29.3. The van der Waals surface area contributed by atoms with E-state index >= 15 is 0 Å². The van der Waals surface area contributed by atoms with Gasteiger partial charge in [0.15, 0.2) is 5.16 Å². The smallest absolute Gasteiger partial charge is 0.850 e. The van der Waals surface area contributed by atoms with Crippen molar-refractivity contribution in [2.45, 2.75) is 83.4 Å². The van der Waals surface area contributed by atoms with Crippen LogP contribution in [-0.2, 0) is 17.0 Å². The minimum Gasteiger partial charge on any atom is -0.850 e. The SMILES string of the molecule is CC(C)(C)[O-].CC(C)n1cc(N2CC(C)(C)C(F)(F)C2)c2nc(SCc3ccc(F)c(CC(=O)O)c3)ncc21.[K+]. The predicted octanol–water partition coefficient (Wildman–Crippen LogP) is 2.70. The molecular formula is C28H36F3KN4O3S. The molecular weight excluding hydrogens is 568 g/mol. The Morgan fingerprint density at radius 1 is 1.23 bits per heavy atom. The second kappa shape index (κ2) is 13.4. The number of carbonyl (C=O) groups is 1. The number of carboxylic acids is 1. The third kappa shape index (κ3) is 8.92. The molecule has 7 nitrogen and oxygen atoms in total. The van der Waals surface area contributed by atoms with Gasteiger partial charge in [0.25, 0.3) is 5.92 Å². The number of fused-ring (bicyclic) bond motifs is 1. The fraction of sp³-hybridized carbons (Fsp3) is 0.536. The largest absolute Gasteiger partial charge is 1.00 e.